The van der Waals surface area contributed by atoms with Gasteiger partial charge in [0.2, 0.25) is 70.9 Å². The molecule has 2 heterocycles. The Labute approximate surface area is 615 Å². The van der Waals surface area contributed by atoms with Crippen LogP contribution in [-0.4, -0.2) is 275 Å². The van der Waals surface area contributed by atoms with E-state index >= 15 is 33.6 Å². The Kier molecular flexibility index (Phi) is 36.8. The van der Waals surface area contributed by atoms with Gasteiger partial charge in [0.15, 0.2) is 0 Å². The van der Waals surface area contributed by atoms with Gasteiger partial charge in [0.25, 0.3) is 0 Å². The molecule has 0 aromatic heterocycles. The molecule has 3 unspecified atom stereocenters. The lowest BCUT2D eigenvalue weighted by atomic mass is 9.81. The predicted molar refractivity (Wildman–Crippen MR) is 394 cm³/mol. The molecule has 0 aromatic carbocycles. The summed E-state index contributed by atoms with van der Waals surface area (Å²) in [5.41, 5.74) is 0. The van der Waals surface area contributed by atoms with Gasteiger partial charge >= 0.3 is 0 Å². The van der Waals surface area contributed by atoms with Crippen molar-refractivity contribution in [2.45, 2.75) is 291 Å². The van der Waals surface area contributed by atoms with Gasteiger partial charge in [-0.2, -0.15) is 0 Å². The number of piperidine rings is 1. The van der Waals surface area contributed by atoms with E-state index in [0.717, 1.165) is 43.4 Å². The molecular formula is C76H134N12O15. The van der Waals surface area contributed by atoms with Gasteiger partial charge in [0.05, 0.1) is 37.8 Å². The lowest BCUT2D eigenvalue weighted by Gasteiger charge is -2.39. The van der Waals surface area contributed by atoms with Gasteiger partial charge < -0.3 is 75.4 Å². The van der Waals surface area contributed by atoms with Crippen molar-refractivity contribution < 1.29 is 72.5 Å². The van der Waals surface area contributed by atoms with Crippen molar-refractivity contribution in [3.05, 3.63) is 0 Å². The number of carbonyl (C=O) groups excluding carboxylic acids is 12. The highest BCUT2D eigenvalue weighted by molar-refractivity contribution is 6.00. The average Bonchev–Trinajstić information content (AvgIpc) is 0.800. The topological polar surface area (TPSA) is 329 Å². The molecule has 0 spiro atoms. The molecule has 4 rings (SSSR count). The molecule has 2 saturated carbocycles. The lowest BCUT2D eigenvalue weighted by Crippen LogP contribution is -2.62. The van der Waals surface area contributed by atoms with Crippen molar-refractivity contribution in [1.29, 1.82) is 0 Å². The second-order valence-corrected chi connectivity index (χ2v) is 32.1. The number of ether oxygens (including phenoxy) is 1. The Morgan fingerprint density at radius 2 is 0.971 bits per heavy atom. The van der Waals surface area contributed by atoms with Crippen LogP contribution in [0.4, 0.5) is 0 Å². The third kappa shape index (κ3) is 26.2. The smallest absolute Gasteiger partial charge is 0.248 e. The summed E-state index contributed by atoms with van der Waals surface area (Å²) in [4.78, 5) is 192. The molecule has 14 atom stereocenters. The van der Waals surface area contributed by atoms with Gasteiger partial charge in [0.1, 0.15) is 54.4 Å². The van der Waals surface area contributed by atoms with Crippen LogP contribution in [0.15, 0.2) is 0 Å². The van der Waals surface area contributed by atoms with Crippen LogP contribution >= 0.6 is 0 Å². The zero-order valence-corrected chi connectivity index (χ0v) is 66.1. The average molecular weight is 1460 g/mol. The fraction of sp³-hybridized carbons (Fsp3) is 0.842. The third-order valence-corrected chi connectivity index (χ3v) is 21.8. The van der Waals surface area contributed by atoms with Gasteiger partial charge in [-0.1, -0.05) is 121 Å². The van der Waals surface area contributed by atoms with Crippen LogP contribution in [0.1, 0.15) is 218 Å². The number of unbranched alkanes of at least 4 members (excludes halogenated alkanes) is 1. The van der Waals surface area contributed by atoms with Gasteiger partial charge in [0, 0.05) is 69.0 Å². The summed E-state index contributed by atoms with van der Waals surface area (Å²) < 4.78 is 5.70. The molecule has 12 amide bonds. The quantitative estimate of drug-likeness (QED) is 0.0961. The molecule has 4 fully saturated rings. The summed E-state index contributed by atoms with van der Waals surface area (Å²) >= 11 is 0. The number of nitrogens with zero attached hydrogens (tertiary/aromatic N) is 8. The first kappa shape index (κ1) is 88.9. The van der Waals surface area contributed by atoms with Crippen LogP contribution in [0.2, 0.25) is 0 Å². The van der Waals surface area contributed by atoms with Gasteiger partial charge in [-0.25, -0.2) is 0 Å². The first-order valence-electron chi connectivity index (χ1n) is 38.6. The Balaban J connectivity index is 2.00. The SMILES string of the molecule is CCCCN1CC(=O)N(C)[C@@H](CC2CCCCC2)C(=O)N(C)[C@@H](CC(C)C)C(=O)N[C@@H](CC2CCC(O)C(OC)C2)C(=O)N(C)[C@@H](CC(C)C)C(=O)N[C@H](C(=O)N2CCCCC2)CC(=O)N(C)CC(=O)N(C)[C@@H](CC(C)C)C(=O)N[C@@H]([C@@H](C)CC)C(=O)N(C)[C@@H](CC(C)C)C(=O)N[C@@H]([C@@H](C)O)C1=O. The molecule has 27 heteroatoms. The maximum atomic E-state index is 15.7. The minimum Gasteiger partial charge on any atom is -0.391 e. The largest absolute Gasteiger partial charge is 0.391 e. The fourth-order valence-corrected chi connectivity index (χ4v) is 14.9. The molecule has 0 radical (unpaired) electrons. The van der Waals surface area contributed by atoms with E-state index in [4.69, 9.17) is 4.74 Å². The van der Waals surface area contributed by atoms with Crippen molar-refractivity contribution in [2.75, 3.05) is 82.1 Å². The highest BCUT2D eigenvalue weighted by atomic mass is 16.5. The van der Waals surface area contributed by atoms with Crippen LogP contribution in [0.3, 0.4) is 0 Å². The maximum Gasteiger partial charge on any atom is 0.248 e. The number of methoxy groups -OCH3 is 1. The highest BCUT2D eigenvalue weighted by Crippen LogP contribution is 2.33. The number of likely N-dealkylation sites (tertiary alicyclic amines) is 1. The normalized spacial score (nSPS) is 28.5. The van der Waals surface area contributed by atoms with E-state index in [2.05, 4.69) is 21.3 Å². The van der Waals surface area contributed by atoms with Crippen molar-refractivity contribution in [3.8, 4) is 0 Å². The van der Waals surface area contributed by atoms with E-state index in [1.54, 1.807) is 11.8 Å². The lowest BCUT2D eigenvalue weighted by molar-refractivity contribution is -0.152. The number of hydrogen-bond donors (Lipinski definition) is 6. The van der Waals surface area contributed by atoms with Gasteiger partial charge in [-0.15, -0.1) is 0 Å². The molecule has 0 bridgehead atoms. The van der Waals surface area contributed by atoms with E-state index in [9.17, 15) is 34.2 Å². The standard InChI is InChI=1S/C76H134N12O15/c1-20-22-33-88-45-65(93)83(15)60(41-52-29-25-23-26-30-52)74(100)85(17)58(38-48(7)8)69(95)77-54(40-53-31-32-61(90)62(42-53)103-19)72(98)84(16)57(37-47(5)6)68(94)78-55(73(99)87-34-27-24-28-35-87)43-63(91)81(13)44-64(92)82(14)56(36-46(3)4)70(96)79-66(50(11)21-2)75(101)86(18)59(39-49(9)10)71(97)80-67(51(12)89)76(88)102/h46-62,66-67,89-90H,20-45H2,1-19H3,(H,77,95)(H,78,94)(H,79,96)(H,80,97)/t50-,51+,53?,54-,55-,56-,57-,58-,59-,60-,61?,62?,66-,67-/m0/s1. The number of carbonyl (C=O) groups is 12. The van der Waals surface area contributed by atoms with Crippen molar-refractivity contribution in [2.24, 2.45) is 41.4 Å². The second-order valence-electron chi connectivity index (χ2n) is 32.1. The molecule has 6 N–H and O–H groups in total. The zero-order chi connectivity index (χ0) is 77.4. The van der Waals surface area contributed by atoms with E-state index in [0.29, 0.717) is 64.5 Å². The minimum absolute atomic E-state index is 0.00960. The number of aliphatic hydroxyl groups is 2. The number of aliphatic hydroxyl groups excluding tert-OH is 2. The molecule has 4 aliphatic rings. The summed E-state index contributed by atoms with van der Waals surface area (Å²) in [5.74, 6) is -9.65. The van der Waals surface area contributed by atoms with Crippen molar-refractivity contribution in [3.63, 3.8) is 0 Å². The van der Waals surface area contributed by atoms with Crippen molar-refractivity contribution in [1.82, 2.24) is 60.5 Å². The summed E-state index contributed by atoms with van der Waals surface area (Å²) in [6.07, 6.45) is 6.35. The van der Waals surface area contributed by atoms with Gasteiger partial charge in [-0.3, -0.25) is 57.5 Å². The van der Waals surface area contributed by atoms with Crippen LogP contribution in [-0.2, 0) is 62.3 Å². The molecule has 103 heavy (non-hydrogen) atoms. The fourth-order valence-electron chi connectivity index (χ4n) is 14.9. The molecule has 27 nitrogen and oxygen atoms in total. The van der Waals surface area contributed by atoms with E-state index in [-0.39, 0.29) is 80.6 Å². The van der Waals surface area contributed by atoms with E-state index < -0.39 is 169 Å². The van der Waals surface area contributed by atoms with Crippen LogP contribution in [0.25, 0.3) is 0 Å². The first-order chi connectivity index (χ1) is 48.4. The maximum absolute atomic E-state index is 15.7. The second kappa shape index (κ2) is 42.6. The molecule has 0 aromatic rings. The third-order valence-electron chi connectivity index (χ3n) is 21.8. The predicted octanol–water partition coefficient (Wildman–Crippen LogP) is 4.71. The Morgan fingerprint density at radius 1 is 0.505 bits per heavy atom. The van der Waals surface area contributed by atoms with Crippen LogP contribution < -0.4 is 21.3 Å². The zero-order valence-electron chi connectivity index (χ0n) is 66.1. The van der Waals surface area contributed by atoms with Crippen molar-refractivity contribution >= 4 is 70.9 Å². The summed E-state index contributed by atoms with van der Waals surface area (Å²) in [6, 6.07) is -11.7. The number of rotatable bonds is 20. The van der Waals surface area contributed by atoms with Crippen LogP contribution in [0.5, 0.6) is 0 Å². The van der Waals surface area contributed by atoms with Gasteiger partial charge in [-0.05, 0) is 132 Å². The highest BCUT2D eigenvalue weighted by Gasteiger charge is 2.45. The number of amides is 12. The summed E-state index contributed by atoms with van der Waals surface area (Å²) in [7, 11) is 10.2. The van der Waals surface area contributed by atoms with Crippen LogP contribution in [0, 0.1) is 41.4 Å². The summed E-state index contributed by atoms with van der Waals surface area (Å²) in [5, 5.41) is 34.0. The summed E-state index contributed by atoms with van der Waals surface area (Å²) in [6.45, 7) is 21.4. The molecule has 2 aliphatic carbocycles. The number of likely N-dealkylation sites (N-methyl/N-ethyl adjacent to an activating group) is 6. The Hall–Kier alpha value is -6.48. The van der Waals surface area contributed by atoms with E-state index in [1.807, 2.05) is 69.2 Å². The first-order valence-corrected chi connectivity index (χ1v) is 38.6. The number of hydrogen-bond acceptors (Lipinski definition) is 15. The monoisotopic (exact) mass is 1460 g/mol. The molecular weight excluding hydrogens is 1320 g/mol. The Morgan fingerprint density at radius 3 is 1.48 bits per heavy atom. The molecule has 2 saturated heterocycles. The Bertz CT molecular complexity index is 2810. The van der Waals surface area contributed by atoms with E-state index in [1.165, 1.54) is 85.7 Å². The number of nitrogens with one attached hydrogen (secondary N) is 4. The molecule has 588 valence electrons. The molecule has 2 aliphatic heterocycles. The minimum atomic E-state index is -1.63.